The summed E-state index contributed by atoms with van der Waals surface area (Å²) in [4.78, 5) is 24.8. The molecule has 5 heteroatoms. The molecule has 1 aromatic rings. The van der Waals surface area contributed by atoms with Crippen LogP contribution in [0, 0.1) is 0 Å². The number of nitrogens with zero attached hydrogens (tertiary/aromatic N) is 1. The van der Waals surface area contributed by atoms with E-state index >= 15 is 0 Å². The van der Waals surface area contributed by atoms with E-state index in [1.54, 1.807) is 4.90 Å². The van der Waals surface area contributed by atoms with E-state index in [9.17, 15) is 9.59 Å². The van der Waals surface area contributed by atoms with Crippen molar-refractivity contribution in [1.82, 2.24) is 10.2 Å². The number of hydrogen-bond acceptors (Lipinski definition) is 4. The Balaban J connectivity index is 2.07. The highest BCUT2D eigenvalue weighted by atomic mass is 16.4. The average Bonchev–Trinajstić information content (AvgIpc) is 2.67. The van der Waals surface area contributed by atoms with Gasteiger partial charge in [0.2, 0.25) is 0 Å². The summed E-state index contributed by atoms with van der Waals surface area (Å²) in [6.07, 6.45) is 4.27. The summed E-state index contributed by atoms with van der Waals surface area (Å²) in [6.45, 7) is 1.95. The topological polar surface area (TPSA) is 62.6 Å². The second-order valence-corrected chi connectivity index (χ2v) is 4.59. The molecule has 1 saturated heterocycles. The van der Waals surface area contributed by atoms with Gasteiger partial charge in [0, 0.05) is 19.2 Å². The fourth-order valence-electron chi connectivity index (χ4n) is 2.24. The van der Waals surface area contributed by atoms with Crippen LogP contribution in [0.15, 0.2) is 27.6 Å². The van der Waals surface area contributed by atoms with Crippen molar-refractivity contribution >= 4 is 5.91 Å². The van der Waals surface area contributed by atoms with Crippen LogP contribution in [-0.4, -0.2) is 37.0 Å². The SMILES string of the molecule is CN(C(=O)c1ccc(=O)oc1)C1CCCNCC1. The normalized spacial score (nSPS) is 20.2. The zero-order chi connectivity index (χ0) is 13.0. The van der Waals surface area contributed by atoms with Crippen molar-refractivity contribution in [2.24, 2.45) is 0 Å². The summed E-state index contributed by atoms with van der Waals surface area (Å²) >= 11 is 0. The Morgan fingerprint density at radius 3 is 2.94 bits per heavy atom. The van der Waals surface area contributed by atoms with Crippen molar-refractivity contribution in [1.29, 1.82) is 0 Å². The molecule has 0 radical (unpaired) electrons. The summed E-state index contributed by atoms with van der Waals surface area (Å²) < 4.78 is 4.73. The molecular weight excluding hydrogens is 232 g/mol. The molecule has 5 nitrogen and oxygen atoms in total. The zero-order valence-electron chi connectivity index (χ0n) is 10.5. The first-order valence-corrected chi connectivity index (χ1v) is 6.25. The smallest absolute Gasteiger partial charge is 0.335 e. The Morgan fingerprint density at radius 2 is 2.22 bits per heavy atom. The highest BCUT2D eigenvalue weighted by molar-refractivity contribution is 5.93. The Bertz CT molecular complexity index is 441. The summed E-state index contributed by atoms with van der Waals surface area (Å²) in [5.74, 6) is -0.0920. The van der Waals surface area contributed by atoms with Gasteiger partial charge in [-0.2, -0.15) is 0 Å². The lowest BCUT2D eigenvalue weighted by atomic mass is 10.1. The number of nitrogens with one attached hydrogen (secondary N) is 1. The largest absolute Gasteiger partial charge is 0.430 e. The van der Waals surface area contributed by atoms with Gasteiger partial charge in [-0.15, -0.1) is 0 Å². The first-order valence-electron chi connectivity index (χ1n) is 6.25. The molecule has 2 heterocycles. The second kappa shape index (κ2) is 5.82. The van der Waals surface area contributed by atoms with Crippen molar-refractivity contribution in [2.45, 2.75) is 25.3 Å². The van der Waals surface area contributed by atoms with Gasteiger partial charge in [-0.1, -0.05) is 0 Å². The van der Waals surface area contributed by atoms with Crippen LogP contribution in [0.4, 0.5) is 0 Å². The molecule has 2 rings (SSSR count). The molecule has 0 bridgehead atoms. The maximum atomic E-state index is 12.2. The highest BCUT2D eigenvalue weighted by Crippen LogP contribution is 2.14. The molecule has 0 aromatic carbocycles. The molecule has 1 aliphatic rings. The average molecular weight is 250 g/mol. The molecule has 18 heavy (non-hydrogen) atoms. The minimum atomic E-state index is -0.437. The fraction of sp³-hybridized carbons (Fsp3) is 0.538. The molecule has 1 fully saturated rings. The van der Waals surface area contributed by atoms with Gasteiger partial charge in [0.25, 0.3) is 5.91 Å². The van der Waals surface area contributed by atoms with E-state index in [-0.39, 0.29) is 11.9 Å². The van der Waals surface area contributed by atoms with Crippen LogP contribution in [0.1, 0.15) is 29.6 Å². The lowest BCUT2D eigenvalue weighted by Gasteiger charge is -2.26. The minimum Gasteiger partial charge on any atom is -0.430 e. The van der Waals surface area contributed by atoms with E-state index in [1.807, 2.05) is 7.05 Å². The van der Waals surface area contributed by atoms with Gasteiger partial charge < -0.3 is 14.6 Å². The number of hydrogen-bond donors (Lipinski definition) is 1. The number of rotatable bonds is 2. The Morgan fingerprint density at radius 1 is 1.39 bits per heavy atom. The van der Waals surface area contributed by atoms with Crippen LogP contribution in [0.3, 0.4) is 0 Å². The van der Waals surface area contributed by atoms with Gasteiger partial charge in [0.05, 0.1) is 5.56 Å². The molecule has 1 aliphatic heterocycles. The molecule has 1 amide bonds. The third kappa shape index (κ3) is 2.98. The third-order valence-corrected chi connectivity index (χ3v) is 3.36. The first kappa shape index (κ1) is 12.8. The standard InChI is InChI=1S/C13H18N2O3/c1-15(11-3-2-7-14-8-6-11)13(17)10-4-5-12(16)18-9-10/h4-5,9,11,14H,2-3,6-8H2,1H3. The van der Waals surface area contributed by atoms with Crippen LogP contribution in [0.2, 0.25) is 0 Å². The molecule has 1 unspecified atom stereocenters. The Hall–Kier alpha value is -1.62. The maximum Gasteiger partial charge on any atom is 0.335 e. The van der Waals surface area contributed by atoms with Crippen molar-refractivity contribution in [3.63, 3.8) is 0 Å². The lowest BCUT2D eigenvalue weighted by molar-refractivity contribution is 0.0717. The molecule has 0 saturated carbocycles. The van der Waals surface area contributed by atoms with Crippen molar-refractivity contribution < 1.29 is 9.21 Å². The van der Waals surface area contributed by atoms with Crippen molar-refractivity contribution in [3.05, 3.63) is 34.4 Å². The van der Waals surface area contributed by atoms with Crippen molar-refractivity contribution in [2.75, 3.05) is 20.1 Å². The van der Waals surface area contributed by atoms with Crippen LogP contribution in [0.5, 0.6) is 0 Å². The van der Waals surface area contributed by atoms with E-state index in [2.05, 4.69) is 5.32 Å². The van der Waals surface area contributed by atoms with Gasteiger partial charge in [-0.05, 0) is 38.4 Å². The molecule has 0 spiro atoms. The molecule has 1 N–H and O–H groups in total. The molecule has 1 aromatic heterocycles. The number of amides is 1. The van der Waals surface area contributed by atoms with E-state index in [1.165, 1.54) is 18.4 Å². The van der Waals surface area contributed by atoms with Crippen LogP contribution in [-0.2, 0) is 0 Å². The van der Waals surface area contributed by atoms with Gasteiger partial charge in [0.15, 0.2) is 0 Å². The van der Waals surface area contributed by atoms with Gasteiger partial charge in [-0.3, -0.25) is 4.79 Å². The van der Waals surface area contributed by atoms with E-state index < -0.39 is 5.63 Å². The first-order chi connectivity index (χ1) is 8.68. The lowest BCUT2D eigenvalue weighted by Crippen LogP contribution is -2.37. The highest BCUT2D eigenvalue weighted by Gasteiger charge is 2.22. The number of carbonyl (C=O) groups excluding carboxylic acids is 1. The summed E-state index contributed by atoms with van der Waals surface area (Å²) in [6, 6.07) is 3.04. The Kier molecular flexibility index (Phi) is 4.15. The predicted molar refractivity (Wildman–Crippen MR) is 67.6 cm³/mol. The van der Waals surface area contributed by atoms with Crippen LogP contribution >= 0.6 is 0 Å². The quantitative estimate of drug-likeness (QED) is 0.845. The fourth-order valence-corrected chi connectivity index (χ4v) is 2.24. The summed E-state index contributed by atoms with van der Waals surface area (Å²) in [7, 11) is 1.81. The monoisotopic (exact) mass is 250 g/mol. The van der Waals surface area contributed by atoms with E-state index in [0.29, 0.717) is 5.56 Å². The molecule has 1 atom stereocenters. The van der Waals surface area contributed by atoms with Crippen LogP contribution < -0.4 is 10.9 Å². The van der Waals surface area contributed by atoms with Crippen molar-refractivity contribution in [3.8, 4) is 0 Å². The summed E-state index contributed by atoms with van der Waals surface area (Å²) in [5, 5.41) is 3.32. The third-order valence-electron chi connectivity index (χ3n) is 3.36. The maximum absolute atomic E-state index is 12.2. The molecular formula is C13H18N2O3. The summed E-state index contributed by atoms with van der Waals surface area (Å²) in [5.41, 5.74) is -0.0119. The molecule has 0 aliphatic carbocycles. The number of carbonyl (C=O) groups is 1. The minimum absolute atomic E-state index is 0.0920. The zero-order valence-corrected chi connectivity index (χ0v) is 10.5. The van der Waals surface area contributed by atoms with E-state index in [4.69, 9.17) is 4.42 Å². The van der Waals surface area contributed by atoms with E-state index in [0.717, 1.165) is 32.4 Å². The van der Waals surface area contributed by atoms with Gasteiger partial charge in [-0.25, -0.2) is 4.79 Å². The Labute approximate surface area is 106 Å². The van der Waals surface area contributed by atoms with Gasteiger partial charge in [0.1, 0.15) is 6.26 Å². The second-order valence-electron chi connectivity index (χ2n) is 4.59. The van der Waals surface area contributed by atoms with Gasteiger partial charge >= 0.3 is 5.63 Å². The van der Waals surface area contributed by atoms with Crippen LogP contribution in [0.25, 0.3) is 0 Å². The molecule has 98 valence electrons. The predicted octanol–water partition coefficient (Wildman–Crippen LogP) is 0.854.